The van der Waals surface area contributed by atoms with Crippen molar-refractivity contribution >= 4 is 5.78 Å². The van der Waals surface area contributed by atoms with Gasteiger partial charge in [0.15, 0.2) is 5.78 Å². The standard InChI is InChI=1S/C24H26F3N3O3/c1-15-20(23(32)14-29-18-8-9-21(29)22(31)12-18)11-19(3-2-10-33-24(25,26)27)30(15)17-6-4-16(13-28)5-7-17/h4-7,11,18,21-22,31H,2-3,8-10,12,14H2,1H3/t18?,21?,22-/m0/s1. The summed E-state index contributed by atoms with van der Waals surface area (Å²) < 4.78 is 42.8. The second-order valence-electron chi connectivity index (χ2n) is 8.72. The first-order chi connectivity index (χ1) is 15.7. The number of carbonyl (C=O) groups excluding carboxylic acids is 1. The zero-order valence-electron chi connectivity index (χ0n) is 18.3. The minimum absolute atomic E-state index is 0.0128. The summed E-state index contributed by atoms with van der Waals surface area (Å²) in [5.74, 6) is -0.0707. The van der Waals surface area contributed by atoms with E-state index in [9.17, 15) is 23.1 Å². The van der Waals surface area contributed by atoms with E-state index in [1.54, 1.807) is 30.3 Å². The van der Waals surface area contributed by atoms with Gasteiger partial charge in [-0.2, -0.15) is 5.26 Å². The summed E-state index contributed by atoms with van der Waals surface area (Å²) >= 11 is 0. The molecule has 1 aromatic heterocycles. The average Bonchev–Trinajstić information content (AvgIpc) is 3.40. The Morgan fingerprint density at radius 3 is 2.58 bits per heavy atom. The van der Waals surface area contributed by atoms with Crippen molar-refractivity contribution in [3.63, 3.8) is 0 Å². The number of aliphatic hydroxyl groups excluding tert-OH is 1. The molecule has 2 bridgehead atoms. The summed E-state index contributed by atoms with van der Waals surface area (Å²) in [6.07, 6.45) is -2.10. The number of rotatable bonds is 8. The molecule has 0 saturated carbocycles. The molecular formula is C24H26F3N3O3. The fraction of sp³-hybridized carbons (Fsp3) is 0.500. The van der Waals surface area contributed by atoms with Gasteiger partial charge in [-0.25, -0.2) is 0 Å². The maximum atomic E-state index is 13.3. The number of aliphatic hydroxyl groups is 1. The lowest BCUT2D eigenvalue weighted by Gasteiger charge is -2.21. The lowest BCUT2D eigenvalue weighted by Crippen LogP contribution is -2.36. The van der Waals surface area contributed by atoms with Gasteiger partial charge in [-0.15, -0.1) is 13.2 Å². The van der Waals surface area contributed by atoms with Gasteiger partial charge in [0.05, 0.1) is 30.9 Å². The van der Waals surface area contributed by atoms with Crippen LogP contribution in [0.1, 0.15) is 53.0 Å². The van der Waals surface area contributed by atoms with Crippen LogP contribution in [0.2, 0.25) is 0 Å². The maximum Gasteiger partial charge on any atom is 0.522 e. The van der Waals surface area contributed by atoms with Crippen LogP contribution in [-0.2, 0) is 11.2 Å². The Morgan fingerprint density at radius 2 is 2.00 bits per heavy atom. The summed E-state index contributed by atoms with van der Waals surface area (Å²) in [5.41, 5.74) is 3.14. The largest absolute Gasteiger partial charge is 0.522 e. The highest BCUT2D eigenvalue weighted by Crippen LogP contribution is 2.38. The number of nitriles is 1. The van der Waals surface area contributed by atoms with Gasteiger partial charge in [-0.1, -0.05) is 0 Å². The molecule has 3 heterocycles. The van der Waals surface area contributed by atoms with Crippen LogP contribution in [0.15, 0.2) is 30.3 Å². The van der Waals surface area contributed by atoms with E-state index in [-0.39, 0.29) is 37.3 Å². The Hall–Kier alpha value is -2.67. The lowest BCUT2D eigenvalue weighted by molar-refractivity contribution is -0.324. The topological polar surface area (TPSA) is 78.5 Å². The summed E-state index contributed by atoms with van der Waals surface area (Å²) in [6, 6.07) is 10.9. The Morgan fingerprint density at radius 1 is 1.27 bits per heavy atom. The molecule has 2 fully saturated rings. The number of ketones is 1. The third kappa shape index (κ3) is 4.98. The number of hydrogen-bond donors (Lipinski definition) is 1. The van der Waals surface area contributed by atoms with Crippen LogP contribution in [0.4, 0.5) is 13.2 Å². The molecule has 2 aromatic rings. The molecule has 0 radical (unpaired) electrons. The number of aryl methyl sites for hydroxylation is 1. The molecule has 33 heavy (non-hydrogen) atoms. The quantitative estimate of drug-likeness (QED) is 0.477. The SMILES string of the molecule is Cc1c(C(=O)CN2C3CCC2[C@@H](O)C3)cc(CCCOC(F)(F)F)n1-c1ccc(C#N)cc1. The monoisotopic (exact) mass is 461 g/mol. The van der Waals surface area contributed by atoms with Crippen molar-refractivity contribution in [2.24, 2.45) is 0 Å². The van der Waals surface area contributed by atoms with Crippen molar-refractivity contribution in [2.75, 3.05) is 13.2 Å². The van der Waals surface area contributed by atoms with Crippen molar-refractivity contribution in [3.8, 4) is 11.8 Å². The second-order valence-corrected chi connectivity index (χ2v) is 8.72. The van der Waals surface area contributed by atoms with Crippen molar-refractivity contribution < 1.29 is 27.8 Å². The molecule has 2 aliphatic rings. The van der Waals surface area contributed by atoms with Gasteiger partial charge < -0.3 is 9.67 Å². The third-order valence-corrected chi connectivity index (χ3v) is 6.70. The Balaban J connectivity index is 1.58. The van der Waals surface area contributed by atoms with Crippen molar-refractivity contribution in [3.05, 3.63) is 52.8 Å². The molecule has 2 saturated heterocycles. The highest BCUT2D eigenvalue weighted by atomic mass is 19.4. The highest BCUT2D eigenvalue weighted by Gasteiger charge is 2.46. The second kappa shape index (κ2) is 9.29. The number of Topliss-reactive ketones (excluding diaryl/α,β-unsaturated/α-hetero) is 1. The smallest absolute Gasteiger partial charge is 0.391 e. The molecule has 1 N–H and O–H groups in total. The molecule has 176 valence electrons. The predicted molar refractivity (Wildman–Crippen MR) is 114 cm³/mol. The molecule has 0 spiro atoms. The number of hydrogen-bond acceptors (Lipinski definition) is 5. The average molecular weight is 461 g/mol. The molecule has 0 aliphatic carbocycles. The van der Waals surface area contributed by atoms with Crippen molar-refractivity contribution in [2.45, 2.75) is 63.6 Å². The first kappa shape index (κ1) is 23.5. The van der Waals surface area contributed by atoms with Gasteiger partial charge in [0.25, 0.3) is 0 Å². The molecule has 1 aromatic carbocycles. The first-order valence-electron chi connectivity index (χ1n) is 11.1. The van der Waals surface area contributed by atoms with Crippen molar-refractivity contribution in [1.82, 2.24) is 9.47 Å². The van der Waals surface area contributed by atoms with E-state index in [1.807, 2.05) is 11.5 Å². The normalized spacial score (nSPS) is 22.6. The molecule has 3 atom stereocenters. The van der Waals surface area contributed by atoms with E-state index in [0.717, 1.165) is 18.5 Å². The molecular weight excluding hydrogens is 435 g/mol. The van der Waals surface area contributed by atoms with Gasteiger partial charge in [0.1, 0.15) is 0 Å². The molecule has 0 amide bonds. The molecule has 4 rings (SSSR count). The van der Waals surface area contributed by atoms with Crippen LogP contribution in [-0.4, -0.2) is 58.1 Å². The lowest BCUT2D eigenvalue weighted by atomic mass is 9.98. The summed E-state index contributed by atoms with van der Waals surface area (Å²) in [6.45, 7) is 1.55. The molecule has 6 nitrogen and oxygen atoms in total. The van der Waals surface area contributed by atoms with E-state index in [2.05, 4.69) is 15.7 Å². The van der Waals surface area contributed by atoms with E-state index >= 15 is 0 Å². The number of benzene rings is 1. The number of nitrogens with zero attached hydrogens (tertiary/aromatic N) is 3. The third-order valence-electron chi connectivity index (χ3n) is 6.70. The highest BCUT2D eigenvalue weighted by molar-refractivity contribution is 5.99. The molecule has 2 aliphatic heterocycles. The molecule has 9 heteroatoms. The summed E-state index contributed by atoms with van der Waals surface area (Å²) in [7, 11) is 0. The fourth-order valence-electron chi connectivity index (χ4n) is 5.19. The number of ether oxygens (including phenoxy) is 1. The van der Waals surface area contributed by atoms with Gasteiger partial charge in [-0.3, -0.25) is 14.4 Å². The zero-order valence-corrected chi connectivity index (χ0v) is 18.3. The Labute approximate surface area is 190 Å². The minimum Gasteiger partial charge on any atom is -0.391 e. The summed E-state index contributed by atoms with van der Waals surface area (Å²) in [4.78, 5) is 15.3. The van der Waals surface area contributed by atoms with E-state index in [4.69, 9.17) is 5.26 Å². The van der Waals surface area contributed by atoms with Crippen LogP contribution >= 0.6 is 0 Å². The summed E-state index contributed by atoms with van der Waals surface area (Å²) in [5, 5.41) is 19.2. The number of alkyl halides is 3. The van der Waals surface area contributed by atoms with Gasteiger partial charge >= 0.3 is 6.36 Å². The fourth-order valence-corrected chi connectivity index (χ4v) is 5.19. The minimum atomic E-state index is -4.67. The molecule has 2 unspecified atom stereocenters. The van der Waals surface area contributed by atoms with Crippen LogP contribution in [0.3, 0.4) is 0 Å². The van der Waals surface area contributed by atoms with Gasteiger partial charge in [0.2, 0.25) is 0 Å². The van der Waals surface area contributed by atoms with Gasteiger partial charge in [-0.05, 0) is 69.4 Å². The van der Waals surface area contributed by atoms with E-state index < -0.39 is 19.1 Å². The van der Waals surface area contributed by atoms with E-state index in [0.29, 0.717) is 28.9 Å². The number of aromatic nitrogens is 1. The van der Waals surface area contributed by atoms with Crippen molar-refractivity contribution in [1.29, 1.82) is 5.26 Å². The maximum absolute atomic E-state index is 13.3. The van der Waals surface area contributed by atoms with Gasteiger partial charge in [0, 0.05) is 34.7 Å². The number of halogens is 3. The van der Waals surface area contributed by atoms with Crippen LogP contribution in [0, 0.1) is 18.3 Å². The zero-order chi connectivity index (χ0) is 23.8. The number of carbonyl (C=O) groups is 1. The van der Waals surface area contributed by atoms with Crippen LogP contribution in [0.5, 0.6) is 0 Å². The Kier molecular flexibility index (Phi) is 6.61. The predicted octanol–water partition coefficient (Wildman–Crippen LogP) is 3.91. The van der Waals surface area contributed by atoms with Crippen LogP contribution in [0.25, 0.3) is 5.69 Å². The number of fused-ring (bicyclic) bond motifs is 2. The first-order valence-corrected chi connectivity index (χ1v) is 11.1. The van der Waals surface area contributed by atoms with E-state index in [1.165, 1.54) is 0 Å². The van der Waals surface area contributed by atoms with Crippen LogP contribution < -0.4 is 0 Å². The Bertz CT molecular complexity index is 1060.